The maximum absolute atomic E-state index is 10.9. The molecule has 1 aromatic rings. The topological polar surface area (TPSA) is 58.4 Å². The molecular formula is C15H23N3O2. The number of rotatable bonds is 6. The first kappa shape index (κ1) is 14.9. The van der Waals surface area contributed by atoms with E-state index in [-0.39, 0.29) is 10.6 Å². The molecule has 1 aliphatic rings. The van der Waals surface area contributed by atoms with Crippen LogP contribution in [0.15, 0.2) is 18.2 Å². The Morgan fingerprint density at radius 3 is 2.75 bits per heavy atom. The molecule has 0 bridgehead atoms. The predicted octanol–water partition coefficient (Wildman–Crippen LogP) is 2.48. The Morgan fingerprint density at radius 2 is 2.10 bits per heavy atom. The van der Waals surface area contributed by atoms with E-state index in [2.05, 4.69) is 17.1 Å². The third-order valence-corrected chi connectivity index (χ3v) is 3.99. The lowest BCUT2D eigenvalue weighted by molar-refractivity contribution is -0.385. The highest BCUT2D eigenvalue weighted by atomic mass is 16.6. The summed E-state index contributed by atoms with van der Waals surface area (Å²) >= 11 is 0. The summed E-state index contributed by atoms with van der Waals surface area (Å²) in [5.74, 6) is 0. The highest BCUT2D eigenvalue weighted by Crippen LogP contribution is 2.21. The Morgan fingerprint density at radius 1 is 1.40 bits per heavy atom. The molecule has 20 heavy (non-hydrogen) atoms. The standard InChI is InChI=1S/C15H23N3O2/c1-12(11-17-8-3-4-9-17)16-10-14-6-5-7-15(13(14)2)18(19)20/h5-7,12,16H,3-4,8-11H2,1-2H3. The van der Waals surface area contributed by atoms with Crippen molar-refractivity contribution < 1.29 is 4.92 Å². The number of nitrogens with zero attached hydrogens (tertiary/aromatic N) is 2. The minimum Gasteiger partial charge on any atom is -0.309 e. The summed E-state index contributed by atoms with van der Waals surface area (Å²) in [6.07, 6.45) is 2.60. The van der Waals surface area contributed by atoms with Crippen LogP contribution in [0.5, 0.6) is 0 Å². The Bertz CT molecular complexity index is 470. The number of hydrogen-bond acceptors (Lipinski definition) is 4. The van der Waals surface area contributed by atoms with E-state index in [1.165, 1.54) is 25.9 Å². The van der Waals surface area contributed by atoms with Crippen molar-refractivity contribution in [3.63, 3.8) is 0 Å². The summed E-state index contributed by atoms with van der Waals surface area (Å²) in [5, 5.41) is 14.4. The van der Waals surface area contributed by atoms with Crippen molar-refractivity contribution in [3.05, 3.63) is 39.4 Å². The predicted molar refractivity (Wildman–Crippen MR) is 79.8 cm³/mol. The van der Waals surface area contributed by atoms with Gasteiger partial charge in [-0.05, 0) is 45.3 Å². The van der Waals surface area contributed by atoms with E-state index >= 15 is 0 Å². The molecule has 110 valence electrons. The normalized spacial score (nSPS) is 17.3. The van der Waals surface area contributed by atoms with E-state index in [0.29, 0.717) is 12.6 Å². The lowest BCUT2D eigenvalue weighted by atomic mass is 10.1. The minimum absolute atomic E-state index is 0.205. The van der Waals surface area contributed by atoms with Gasteiger partial charge in [-0.25, -0.2) is 0 Å². The summed E-state index contributed by atoms with van der Waals surface area (Å²) in [7, 11) is 0. The highest BCUT2D eigenvalue weighted by Gasteiger charge is 2.16. The lowest BCUT2D eigenvalue weighted by Crippen LogP contribution is -2.37. The first-order valence-corrected chi connectivity index (χ1v) is 7.26. The third-order valence-electron chi connectivity index (χ3n) is 3.99. The van der Waals surface area contributed by atoms with Gasteiger partial charge in [0.25, 0.3) is 5.69 Å². The van der Waals surface area contributed by atoms with Gasteiger partial charge in [-0.3, -0.25) is 10.1 Å². The molecule has 5 heteroatoms. The van der Waals surface area contributed by atoms with Gasteiger partial charge in [-0.2, -0.15) is 0 Å². The fourth-order valence-corrected chi connectivity index (χ4v) is 2.76. The fourth-order valence-electron chi connectivity index (χ4n) is 2.76. The van der Waals surface area contributed by atoms with Gasteiger partial charge in [-0.1, -0.05) is 12.1 Å². The van der Waals surface area contributed by atoms with Gasteiger partial charge in [0.05, 0.1) is 4.92 Å². The molecule has 1 saturated heterocycles. The van der Waals surface area contributed by atoms with Crippen LogP contribution in [0.25, 0.3) is 0 Å². The van der Waals surface area contributed by atoms with Crippen molar-refractivity contribution in [2.75, 3.05) is 19.6 Å². The Balaban J connectivity index is 1.90. The second kappa shape index (κ2) is 6.81. The van der Waals surface area contributed by atoms with Crippen LogP contribution in [0.3, 0.4) is 0 Å². The van der Waals surface area contributed by atoms with E-state index in [1.54, 1.807) is 12.1 Å². The van der Waals surface area contributed by atoms with E-state index < -0.39 is 0 Å². The van der Waals surface area contributed by atoms with E-state index in [4.69, 9.17) is 0 Å². The quantitative estimate of drug-likeness (QED) is 0.641. The second-order valence-electron chi connectivity index (χ2n) is 5.61. The molecule has 5 nitrogen and oxygen atoms in total. The SMILES string of the molecule is Cc1c(CNC(C)CN2CCCC2)cccc1[N+](=O)[O-]. The second-order valence-corrected chi connectivity index (χ2v) is 5.61. The first-order valence-electron chi connectivity index (χ1n) is 7.26. The molecule has 1 fully saturated rings. The van der Waals surface area contributed by atoms with Crippen LogP contribution in [0, 0.1) is 17.0 Å². The summed E-state index contributed by atoms with van der Waals surface area (Å²) in [4.78, 5) is 13.1. The number of nitrogens with one attached hydrogen (secondary N) is 1. The minimum atomic E-state index is -0.313. The molecular weight excluding hydrogens is 254 g/mol. The Kier molecular flexibility index (Phi) is 5.09. The van der Waals surface area contributed by atoms with Gasteiger partial charge in [0, 0.05) is 30.8 Å². The molecule has 0 saturated carbocycles. The van der Waals surface area contributed by atoms with Crippen molar-refractivity contribution in [1.82, 2.24) is 10.2 Å². The van der Waals surface area contributed by atoms with Gasteiger partial charge in [0.2, 0.25) is 0 Å². The highest BCUT2D eigenvalue weighted by molar-refractivity contribution is 5.44. The van der Waals surface area contributed by atoms with Crippen LogP contribution < -0.4 is 5.32 Å². The largest absolute Gasteiger partial charge is 0.309 e. The molecule has 0 spiro atoms. The lowest BCUT2D eigenvalue weighted by Gasteiger charge is -2.21. The number of nitro groups is 1. The molecule has 1 heterocycles. The number of hydrogen-bond donors (Lipinski definition) is 1. The molecule has 1 unspecified atom stereocenters. The molecule has 0 amide bonds. The van der Waals surface area contributed by atoms with Crippen molar-refractivity contribution in [2.45, 2.75) is 39.3 Å². The molecule has 0 aromatic heterocycles. The third kappa shape index (κ3) is 3.77. The zero-order valence-corrected chi connectivity index (χ0v) is 12.3. The van der Waals surface area contributed by atoms with Crippen molar-refractivity contribution in [2.24, 2.45) is 0 Å². The maximum Gasteiger partial charge on any atom is 0.272 e. The van der Waals surface area contributed by atoms with Gasteiger partial charge < -0.3 is 10.2 Å². The summed E-state index contributed by atoms with van der Waals surface area (Å²) in [5.41, 5.74) is 1.97. The van der Waals surface area contributed by atoms with Crippen LogP contribution in [0.1, 0.15) is 30.9 Å². The monoisotopic (exact) mass is 277 g/mol. The molecule has 1 N–H and O–H groups in total. The van der Waals surface area contributed by atoms with E-state index in [0.717, 1.165) is 17.7 Å². The van der Waals surface area contributed by atoms with Gasteiger partial charge in [0.1, 0.15) is 0 Å². The van der Waals surface area contributed by atoms with E-state index in [9.17, 15) is 10.1 Å². The molecule has 1 atom stereocenters. The van der Waals surface area contributed by atoms with Gasteiger partial charge >= 0.3 is 0 Å². The van der Waals surface area contributed by atoms with Crippen LogP contribution in [0.4, 0.5) is 5.69 Å². The maximum atomic E-state index is 10.9. The zero-order chi connectivity index (χ0) is 14.5. The zero-order valence-electron chi connectivity index (χ0n) is 12.3. The average molecular weight is 277 g/mol. The number of benzene rings is 1. The summed E-state index contributed by atoms with van der Waals surface area (Å²) in [6, 6.07) is 5.67. The smallest absolute Gasteiger partial charge is 0.272 e. The van der Waals surface area contributed by atoms with Crippen LogP contribution in [-0.4, -0.2) is 35.5 Å². The number of nitro benzene ring substituents is 1. The van der Waals surface area contributed by atoms with Crippen LogP contribution in [0.2, 0.25) is 0 Å². The van der Waals surface area contributed by atoms with Gasteiger partial charge in [-0.15, -0.1) is 0 Å². The van der Waals surface area contributed by atoms with Crippen molar-refractivity contribution in [1.29, 1.82) is 0 Å². The van der Waals surface area contributed by atoms with Gasteiger partial charge in [0.15, 0.2) is 0 Å². The molecule has 0 aliphatic carbocycles. The molecule has 0 radical (unpaired) electrons. The fraction of sp³-hybridized carbons (Fsp3) is 0.600. The van der Waals surface area contributed by atoms with Crippen LogP contribution in [-0.2, 0) is 6.54 Å². The van der Waals surface area contributed by atoms with Crippen LogP contribution >= 0.6 is 0 Å². The molecule has 1 aliphatic heterocycles. The molecule has 2 rings (SSSR count). The first-order chi connectivity index (χ1) is 9.58. The van der Waals surface area contributed by atoms with Crippen molar-refractivity contribution in [3.8, 4) is 0 Å². The average Bonchev–Trinajstić information content (AvgIpc) is 2.90. The van der Waals surface area contributed by atoms with E-state index in [1.807, 2.05) is 13.0 Å². The summed E-state index contributed by atoms with van der Waals surface area (Å²) < 4.78 is 0. The Hall–Kier alpha value is -1.46. The Labute approximate surface area is 120 Å². The van der Waals surface area contributed by atoms with Crippen molar-refractivity contribution >= 4 is 5.69 Å². The molecule has 1 aromatic carbocycles. The number of likely N-dealkylation sites (tertiary alicyclic amines) is 1. The summed E-state index contributed by atoms with van der Waals surface area (Å²) in [6.45, 7) is 8.12.